The van der Waals surface area contributed by atoms with E-state index in [0.717, 1.165) is 43.9 Å². The maximum Gasteiger partial charge on any atom is 0.160 e. The van der Waals surface area contributed by atoms with Gasteiger partial charge in [0.25, 0.3) is 0 Å². The first kappa shape index (κ1) is 13.5. The van der Waals surface area contributed by atoms with Crippen molar-refractivity contribution >= 4 is 5.65 Å². The standard InChI is InChI=1S/C15H22N4O/c1-15(2)11-12(7-10-20-15)16-8-6-14-18-17-13-5-3-4-9-19(13)14/h3-5,9,12,16H,6-8,10-11H2,1-2H3. The molecule has 1 aliphatic heterocycles. The first-order chi connectivity index (χ1) is 9.64. The molecule has 1 unspecified atom stereocenters. The number of fused-ring (bicyclic) bond motifs is 1. The van der Waals surface area contributed by atoms with Crippen molar-refractivity contribution in [1.29, 1.82) is 0 Å². The SMILES string of the molecule is CC1(C)CC(NCCc2nnc3ccccn23)CCO1. The Kier molecular flexibility index (Phi) is 3.72. The zero-order valence-corrected chi connectivity index (χ0v) is 12.2. The van der Waals surface area contributed by atoms with Gasteiger partial charge in [-0.25, -0.2) is 0 Å². The topological polar surface area (TPSA) is 51.5 Å². The normalized spacial score (nSPS) is 22.2. The molecule has 20 heavy (non-hydrogen) atoms. The molecule has 0 saturated carbocycles. The van der Waals surface area contributed by atoms with Crippen molar-refractivity contribution in [3.63, 3.8) is 0 Å². The molecule has 0 spiro atoms. The van der Waals surface area contributed by atoms with Crippen LogP contribution in [0.25, 0.3) is 5.65 Å². The van der Waals surface area contributed by atoms with Gasteiger partial charge in [0.2, 0.25) is 0 Å². The maximum absolute atomic E-state index is 5.74. The van der Waals surface area contributed by atoms with Gasteiger partial charge in [-0.05, 0) is 38.8 Å². The van der Waals surface area contributed by atoms with E-state index in [1.165, 1.54) is 0 Å². The first-order valence-corrected chi connectivity index (χ1v) is 7.30. The number of nitrogens with zero attached hydrogens (tertiary/aromatic N) is 3. The van der Waals surface area contributed by atoms with E-state index < -0.39 is 0 Å². The molecule has 108 valence electrons. The largest absolute Gasteiger partial charge is 0.375 e. The molecule has 5 heteroatoms. The van der Waals surface area contributed by atoms with Gasteiger partial charge in [0.05, 0.1) is 5.60 Å². The Balaban J connectivity index is 1.55. The molecule has 3 rings (SSSR count). The molecule has 0 radical (unpaired) electrons. The summed E-state index contributed by atoms with van der Waals surface area (Å²) >= 11 is 0. The molecule has 3 heterocycles. The van der Waals surface area contributed by atoms with Crippen LogP contribution in [-0.2, 0) is 11.2 Å². The Morgan fingerprint density at radius 2 is 2.30 bits per heavy atom. The van der Waals surface area contributed by atoms with Crippen LogP contribution in [-0.4, -0.2) is 39.4 Å². The molecule has 0 amide bonds. The summed E-state index contributed by atoms with van der Waals surface area (Å²) in [5.74, 6) is 1.01. The summed E-state index contributed by atoms with van der Waals surface area (Å²) in [6.07, 6.45) is 5.06. The lowest BCUT2D eigenvalue weighted by Gasteiger charge is -2.35. The molecule has 1 atom stereocenters. The van der Waals surface area contributed by atoms with Gasteiger partial charge in [0, 0.05) is 31.8 Å². The van der Waals surface area contributed by atoms with E-state index in [1.54, 1.807) is 0 Å². The quantitative estimate of drug-likeness (QED) is 0.924. The van der Waals surface area contributed by atoms with E-state index in [1.807, 2.05) is 24.4 Å². The minimum absolute atomic E-state index is 0.00250. The van der Waals surface area contributed by atoms with Crippen LogP contribution in [0.15, 0.2) is 24.4 Å². The van der Waals surface area contributed by atoms with E-state index in [2.05, 4.69) is 33.8 Å². The Hall–Kier alpha value is -1.46. The fourth-order valence-electron chi connectivity index (χ4n) is 2.86. The lowest BCUT2D eigenvalue weighted by atomic mass is 9.94. The van der Waals surface area contributed by atoms with Crippen LogP contribution in [0.1, 0.15) is 32.5 Å². The molecule has 2 aromatic rings. The lowest BCUT2D eigenvalue weighted by Crippen LogP contribution is -2.44. The molecule has 0 aliphatic carbocycles. The van der Waals surface area contributed by atoms with E-state index in [-0.39, 0.29) is 5.60 Å². The van der Waals surface area contributed by atoms with Crippen LogP contribution in [0.4, 0.5) is 0 Å². The Bertz CT molecular complexity index is 578. The number of nitrogens with one attached hydrogen (secondary N) is 1. The molecule has 1 N–H and O–H groups in total. The first-order valence-electron chi connectivity index (χ1n) is 7.30. The van der Waals surface area contributed by atoms with E-state index >= 15 is 0 Å². The van der Waals surface area contributed by atoms with Crippen molar-refractivity contribution in [2.45, 2.75) is 44.8 Å². The monoisotopic (exact) mass is 274 g/mol. The average molecular weight is 274 g/mol. The second-order valence-corrected chi connectivity index (χ2v) is 6.05. The van der Waals surface area contributed by atoms with E-state index in [4.69, 9.17) is 4.74 Å². The highest BCUT2D eigenvalue weighted by atomic mass is 16.5. The summed E-state index contributed by atoms with van der Waals surface area (Å²) in [6, 6.07) is 6.51. The summed E-state index contributed by atoms with van der Waals surface area (Å²) < 4.78 is 7.79. The molecule has 1 saturated heterocycles. The number of rotatable bonds is 4. The number of hydrogen-bond donors (Lipinski definition) is 1. The molecule has 0 bridgehead atoms. The third kappa shape index (κ3) is 2.99. The van der Waals surface area contributed by atoms with Gasteiger partial charge in [0.1, 0.15) is 5.82 Å². The summed E-state index contributed by atoms with van der Waals surface area (Å²) in [5.41, 5.74) is 0.909. The fourth-order valence-corrected chi connectivity index (χ4v) is 2.86. The van der Waals surface area contributed by atoms with Crippen molar-refractivity contribution in [2.24, 2.45) is 0 Å². The highest BCUT2D eigenvalue weighted by Crippen LogP contribution is 2.23. The van der Waals surface area contributed by atoms with Crippen LogP contribution < -0.4 is 5.32 Å². The Morgan fingerprint density at radius 3 is 3.15 bits per heavy atom. The van der Waals surface area contributed by atoms with Gasteiger partial charge in [-0.2, -0.15) is 0 Å². The van der Waals surface area contributed by atoms with Gasteiger partial charge in [-0.1, -0.05) is 6.07 Å². The number of pyridine rings is 1. The fraction of sp³-hybridized carbons (Fsp3) is 0.600. The van der Waals surface area contributed by atoms with Crippen LogP contribution in [0.2, 0.25) is 0 Å². The molecular formula is C15H22N4O. The van der Waals surface area contributed by atoms with Gasteiger partial charge in [0.15, 0.2) is 5.65 Å². The minimum atomic E-state index is -0.00250. The number of aromatic nitrogens is 3. The third-order valence-electron chi connectivity index (χ3n) is 3.86. The van der Waals surface area contributed by atoms with Crippen molar-refractivity contribution < 1.29 is 4.74 Å². The Labute approximate surface area is 119 Å². The molecule has 5 nitrogen and oxygen atoms in total. The summed E-state index contributed by atoms with van der Waals surface area (Å²) in [7, 11) is 0. The predicted octanol–water partition coefficient (Wildman–Crippen LogP) is 1.82. The minimum Gasteiger partial charge on any atom is -0.375 e. The van der Waals surface area contributed by atoms with Gasteiger partial charge in [-0.3, -0.25) is 4.40 Å². The van der Waals surface area contributed by atoms with E-state index in [0.29, 0.717) is 6.04 Å². The van der Waals surface area contributed by atoms with Crippen LogP contribution in [0.5, 0.6) is 0 Å². The van der Waals surface area contributed by atoms with Gasteiger partial charge in [-0.15, -0.1) is 10.2 Å². The second kappa shape index (κ2) is 5.50. The summed E-state index contributed by atoms with van der Waals surface area (Å²) in [4.78, 5) is 0. The average Bonchev–Trinajstić information content (AvgIpc) is 2.81. The van der Waals surface area contributed by atoms with Gasteiger partial charge < -0.3 is 10.1 Å². The van der Waals surface area contributed by atoms with Crippen LogP contribution in [0, 0.1) is 0 Å². The zero-order chi connectivity index (χ0) is 14.0. The lowest BCUT2D eigenvalue weighted by molar-refractivity contribution is -0.0627. The molecule has 1 fully saturated rings. The maximum atomic E-state index is 5.74. The van der Waals surface area contributed by atoms with Crippen LogP contribution in [0.3, 0.4) is 0 Å². The smallest absolute Gasteiger partial charge is 0.160 e. The zero-order valence-electron chi connectivity index (χ0n) is 12.2. The van der Waals surface area contributed by atoms with Crippen molar-refractivity contribution in [2.75, 3.05) is 13.2 Å². The highest BCUT2D eigenvalue weighted by Gasteiger charge is 2.28. The summed E-state index contributed by atoms with van der Waals surface area (Å²) in [6.45, 7) is 6.09. The third-order valence-corrected chi connectivity index (χ3v) is 3.86. The summed E-state index contributed by atoms with van der Waals surface area (Å²) in [5, 5.41) is 12.0. The molecular weight excluding hydrogens is 252 g/mol. The molecule has 0 aromatic carbocycles. The van der Waals surface area contributed by atoms with Gasteiger partial charge >= 0.3 is 0 Å². The van der Waals surface area contributed by atoms with Crippen molar-refractivity contribution in [1.82, 2.24) is 19.9 Å². The van der Waals surface area contributed by atoms with Crippen LogP contribution >= 0.6 is 0 Å². The Morgan fingerprint density at radius 1 is 1.40 bits per heavy atom. The second-order valence-electron chi connectivity index (χ2n) is 6.05. The van der Waals surface area contributed by atoms with Crippen molar-refractivity contribution in [3.05, 3.63) is 30.2 Å². The van der Waals surface area contributed by atoms with Crippen molar-refractivity contribution in [3.8, 4) is 0 Å². The van der Waals surface area contributed by atoms with E-state index in [9.17, 15) is 0 Å². The molecule has 2 aromatic heterocycles. The molecule has 1 aliphatic rings. The predicted molar refractivity (Wildman–Crippen MR) is 77.7 cm³/mol. The number of ether oxygens (including phenoxy) is 1. The highest BCUT2D eigenvalue weighted by molar-refractivity contribution is 5.36. The number of hydrogen-bond acceptors (Lipinski definition) is 4.